The Morgan fingerprint density at radius 2 is 2.26 bits per heavy atom. The lowest BCUT2D eigenvalue weighted by Gasteiger charge is -2.29. The first-order valence-corrected chi connectivity index (χ1v) is 7.34. The number of H-pyrrole nitrogens is 1. The Bertz CT molecular complexity index is 360. The lowest BCUT2D eigenvalue weighted by Crippen LogP contribution is -2.44. The van der Waals surface area contributed by atoms with E-state index >= 15 is 0 Å². The van der Waals surface area contributed by atoms with Gasteiger partial charge in [0.05, 0.1) is 18.9 Å². The van der Waals surface area contributed by atoms with E-state index in [0.717, 1.165) is 52.2 Å². The van der Waals surface area contributed by atoms with E-state index in [0.29, 0.717) is 6.04 Å². The Kier molecular flexibility index (Phi) is 5.82. The van der Waals surface area contributed by atoms with Crippen molar-refractivity contribution < 1.29 is 4.74 Å². The molecule has 5 heteroatoms. The van der Waals surface area contributed by atoms with E-state index in [9.17, 15) is 0 Å². The summed E-state index contributed by atoms with van der Waals surface area (Å²) in [4.78, 5) is 2.45. The van der Waals surface area contributed by atoms with Crippen LogP contribution in [0, 0.1) is 0 Å². The molecule has 0 aliphatic carbocycles. The first-order chi connectivity index (χ1) is 9.28. The smallest absolute Gasteiger partial charge is 0.0625 e. The Morgan fingerprint density at radius 1 is 1.47 bits per heavy atom. The lowest BCUT2D eigenvalue weighted by molar-refractivity contribution is 0.0343. The van der Waals surface area contributed by atoms with Crippen molar-refractivity contribution in [2.24, 2.45) is 0 Å². The quantitative estimate of drug-likeness (QED) is 0.778. The van der Waals surface area contributed by atoms with Crippen molar-refractivity contribution in [2.45, 2.75) is 39.3 Å². The molecular formula is C14H26N4O. The van der Waals surface area contributed by atoms with Gasteiger partial charge >= 0.3 is 0 Å². The van der Waals surface area contributed by atoms with E-state index in [1.54, 1.807) is 0 Å². The molecule has 1 aliphatic rings. The van der Waals surface area contributed by atoms with E-state index in [1.165, 1.54) is 11.4 Å². The summed E-state index contributed by atoms with van der Waals surface area (Å²) in [6.45, 7) is 10.2. The van der Waals surface area contributed by atoms with Crippen molar-refractivity contribution >= 4 is 0 Å². The molecule has 1 saturated heterocycles. The number of nitrogens with one attached hydrogen (secondary N) is 2. The van der Waals surface area contributed by atoms with Gasteiger partial charge in [-0.25, -0.2) is 0 Å². The number of ether oxygens (including phenoxy) is 1. The van der Waals surface area contributed by atoms with Crippen LogP contribution in [0.3, 0.4) is 0 Å². The van der Waals surface area contributed by atoms with Crippen LogP contribution >= 0.6 is 0 Å². The molecule has 2 N–H and O–H groups in total. The van der Waals surface area contributed by atoms with Crippen LogP contribution in [0.5, 0.6) is 0 Å². The summed E-state index contributed by atoms with van der Waals surface area (Å²) in [6, 6.07) is 2.65. The average Bonchev–Trinajstić information content (AvgIpc) is 2.86. The Hall–Kier alpha value is -0.910. The Morgan fingerprint density at radius 3 is 3.00 bits per heavy atom. The van der Waals surface area contributed by atoms with Gasteiger partial charge in [0.25, 0.3) is 0 Å². The zero-order valence-corrected chi connectivity index (χ0v) is 12.1. The van der Waals surface area contributed by atoms with Gasteiger partial charge in [0.1, 0.15) is 0 Å². The number of hydrogen-bond donors (Lipinski definition) is 2. The van der Waals surface area contributed by atoms with Gasteiger partial charge in [-0.3, -0.25) is 10.00 Å². The maximum atomic E-state index is 5.36. The molecule has 0 amide bonds. The first-order valence-electron chi connectivity index (χ1n) is 7.34. The van der Waals surface area contributed by atoms with Gasteiger partial charge in [-0.15, -0.1) is 0 Å². The third-order valence-corrected chi connectivity index (χ3v) is 3.47. The number of aryl methyl sites for hydroxylation is 1. The van der Waals surface area contributed by atoms with Crippen LogP contribution in [-0.4, -0.2) is 54.0 Å². The summed E-state index contributed by atoms with van der Waals surface area (Å²) in [5.41, 5.74) is 2.34. The predicted octanol–water partition coefficient (Wildman–Crippen LogP) is 1.17. The van der Waals surface area contributed by atoms with Crippen LogP contribution in [-0.2, 0) is 17.7 Å². The molecule has 0 saturated carbocycles. The van der Waals surface area contributed by atoms with Crippen molar-refractivity contribution in [1.29, 1.82) is 0 Å². The highest BCUT2D eigenvalue weighted by atomic mass is 16.5. The maximum Gasteiger partial charge on any atom is 0.0625 e. The monoisotopic (exact) mass is 266 g/mol. The highest BCUT2D eigenvalue weighted by molar-refractivity contribution is 5.08. The third kappa shape index (κ3) is 4.93. The summed E-state index contributed by atoms with van der Waals surface area (Å²) >= 11 is 0. The average molecular weight is 266 g/mol. The van der Waals surface area contributed by atoms with Gasteiger partial charge in [0, 0.05) is 37.9 Å². The molecule has 108 valence electrons. The zero-order chi connectivity index (χ0) is 13.5. The van der Waals surface area contributed by atoms with Crippen LogP contribution in [0.2, 0.25) is 0 Å². The number of nitrogens with zero attached hydrogens (tertiary/aromatic N) is 2. The molecule has 2 rings (SSSR count). The van der Waals surface area contributed by atoms with Crippen molar-refractivity contribution in [3.8, 4) is 0 Å². The number of morpholine rings is 1. The van der Waals surface area contributed by atoms with Gasteiger partial charge < -0.3 is 10.1 Å². The molecular weight excluding hydrogens is 240 g/mol. The summed E-state index contributed by atoms with van der Waals surface area (Å²) in [5.74, 6) is 0. The molecule has 19 heavy (non-hydrogen) atoms. The Balaban J connectivity index is 1.68. The van der Waals surface area contributed by atoms with Crippen molar-refractivity contribution in [3.63, 3.8) is 0 Å². The molecule has 1 aromatic rings. The molecule has 5 nitrogen and oxygen atoms in total. The minimum atomic E-state index is 0.482. The lowest BCUT2D eigenvalue weighted by atomic mass is 10.2. The summed E-state index contributed by atoms with van der Waals surface area (Å²) in [7, 11) is 0. The first kappa shape index (κ1) is 14.5. The standard InChI is InChI=1S/C14H26N4O/c1-3-4-13-9-14(17-16-13)10-15-12(2)11-18-5-7-19-8-6-18/h9,12,15H,3-8,10-11H2,1-2H3,(H,16,17). The maximum absolute atomic E-state index is 5.36. The van der Waals surface area contributed by atoms with Crippen LogP contribution in [0.15, 0.2) is 6.07 Å². The van der Waals surface area contributed by atoms with Crippen LogP contribution in [0.1, 0.15) is 31.7 Å². The second-order valence-electron chi connectivity index (χ2n) is 5.33. The second-order valence-corrected chi connectivity index (χ2v) is 5.33. The van der Waals surface area contributed by atoms with E-state index in [2.05, 4.69) is 40.3 Å². The highest BCUT2D eigenvalue weighted by Gasteiger charge is 2.13. The summed E-state index contributed by atoms with van der Waals surface area (Å²) in [5, 5.41) is 11.0. The normalized spacial score (nSPS) is 18.6. The van der Waals surface area contributed by atoms with E-state index in [-0.39, 0.29) is 0 Å². The molecule has 1 aliphatic heterocycles. The Labute approximate surface area is 115 Å². The van der Waals surface area contributed by atoms with Gasteiger partial charge in [-0.1, -0.05) is 13.3 Å². The molecule has 1 atom stereocenters. The van der Waals surface area contributed by atoms with E-state index in [4.69, 9.17) is 4.74 Å². The zero-order valence-electron chi connectivity index (χ0n) is 12.1. The van der Waals surface area contributed by atoms with Gasteiger partial charge in [0.15, 0.2) is 0 Å². The fourth-order valence-corrected chi connectivity index (χ4v) is 2.40. The largest absolute Gasteiger partial charge is 0.379 e. The van der Waals surface area contributed by atoms with Gasteiger partial charge in [0.2, 0.25) is 0 Å². The second kappa shape index (κ2) is 7.62. The van der Waals surface area contributed by atoms with Crippen molar-refractivity contribution in [3.05, 3.63) is 17.5 Å². The van der Waals surface area contributed by atoms with E-state index in [1.807, 2.05) is 0 Å². The van der Waals surface area contributed by atoms with Gasteiger partial charge in [-0.05, 0) is 19.4 Å². The van der Waals surface area contributed by atoms with Gasteiger partial charge in [-0.2, -0.15) is 5.10 Å². The summed E-state index contributed by atoms with van der Waals surface area (Å²) in [6.07, 6.45) is 2.20. The molecule has 0 aromatic carbocycles. The van der Waals surface area contributed by atoms with Crippen LogP contribution in [0.25, 0.3) is 0 Å². The predicted molar refractivity (Wildman–Crippen MR) is 76.1 cm³/mol. The van der Waals surface area contributed by atoms with E-state index < -0.39 is 0 Å². The molecule has 0 bridgehead atoms. The van der Waals surface area contributed by atoms with Crippen LogP contribution in [0.4, 0.5) is 0 Å². The number of hydrogen-bond acceptors (Lipinski definition) is 4. The molecule has 0 radical (unpaired) electrons. The molecule has 1 aromatic heterocycles. The van der Waals surface area contributed by atoms with Crippen molar-refractivity contribution in [1.82, 2.24) is 20.4 Å². The van der Waals surface area contributed by atoms with Crippen LogP contribution < -0.4 is 5.32 Å². The number of rotatable bonds is 7. The number of aromatic amines is 1. The molecule has 2 heterocycles. The fourth-order valence-electron chi connectivity index (χ4n) is 2.40. The SMILES string of the molecule is CCCc1cc(CNC(C)CN2CCOCC2)[nH]n1. The minimum absolute atomic E-state index is 0.482. The third-order valence-electron chi connectivity index (χ3n) is 3.47. The molecule has 0 spiro atoms. The fraction of sp³-hybridized carbons (Fsp3) is 0.786. The topological polar surface area (TPSA) is 53.2 Å². The minimum Gasteiger partial charge on any atom is -0.379 e. The number of aromatic nitrogens is 2. The molecule has 1 fully saturated rings. The highest BCUT2D eigenvalue weighted by Crippen LogP contribution is 2.03. The molecule has 1 unspecified atom stereocenters. The van der Waals surface area contributed by atoms with Crippen molar-refractivity contribution in [2.75, 3.05) is 32.8 Å². The summed E-state index contributed by atoms with van der Waals surface area (Å²) < 4.78 is 5.36.